The lowest BCUT2D eigenvalue weighted by atomic mass is 10.1. The highest BCUT2D eigenvalue weighted by Crippen LogP contribution is 2.37. The van der Waals surface area contributed by atoms with E-state index in [0.717, 1.165) is 37.9 Å². The van der Waals surface area contributed by atoms with E-state index >= 15 is 0 Å². The Hall–Kier alpha value is -3.81. The Morgan fingerprint density at radius 3 is 2.74 bits per heavy atom. The number of benzene rings is 2. The smallest absolute Gasteiger partial charge is 0.184 e. The van der Waals surface area contributed by atoms with Crippen LogP contribution >= 0.6 is 11.3 Å². The van der Waals surface area contributed by atoms with E-state index in [9.17, 15) is 5.11 Å². The van der Waals surface area contributed by atoms with Gasteiger partial charge in [0.05, 0.1) is 28.1 Å². The fourth-order valence-corrected chi connectivity index (χ4v) is 5.13. The number of hydrogen-bond donors (Lipinski definition) is 2. The lowest BCUT2D eigenvalue weighted by Gasteiger charge is -2.16. The summed E-state index contributed by atoms with van der Waals surface area (Å²) in [5, 5.41) is 14.8. The van der Waals surface area contributed by atoms with Crippen molar-refractivity contribution >= 4 is 26.7 Å². The van der Waals surface area contributed by atoms with Crippen LogP contribution < -0.4 is 10.1 Å². The molecular formula is C27H24N4O2S. The van der Waals surface area contributed by atoms with E-state index < -0.39 is 6.10 Å². The molecule has 1 aliphatic carbocycles. The van der Waals surface area contributed by atoms with Gasteiger partial charge in [0.2, 0.25) is 0 Å². The van der Waals surface area contributed by atoms with Crippen LogP contribution in [0.1, 0.15) is 24.6 Å². The van der Waals surface area contributed by atoms with Crippen LogP contribution in [-0.4, -0.2) is 26.2 Å². The molecule has 6 nitrogen and oxygen atoms in total. The molecule has 3 aromatic heterocycles. The van der Waals surface area contributed by atoms with Crippen LogP contribution in [0.3, 0.4) is 0 Å². The van der Waals surface area contributed by atoms with Crippen LogP contribution in [0.5, 0.6) is 11.5 Å². The molecule has 2 aromatic carbocycles. The standard InChI is InChI=1S/C26H20N4O2S.CH4/c31-23-12-16-4-1-2-6-20(16)25(23)30-26-29-21-8-7-18(14-24(21)33-26)32-19-9-11-28-22(13-19)17-5-3-10-27-15-17;/h1-11,13-15,23,25,31H,12H2,(H,29,30);1H4/t23-,25+;/m0./s1. The molecule has 0 unspecified atom stereocenters. The number of nitrogens with zero attached hydrogens (tertiary/aromatic N) is 3. The van der Waals surface area contributed by atoms with Gasteiger partial charge in [-0.05, 0) is 41.5 Å². The Labute approximate surface area is 202 Å². The maximum absolute atomic E-state index is 10.5. The van der Waals surface area contributed by atoms with Gasteiger partial charge in [0, 0.05) is 42.7 Å². The fourth-order valence-electron chi connectivity index (χ4n) is 4.19. The van der Waals surface area contributed by atoms with E-state index in [2.05, 4.69) is 27.4 Å². The molecule has 0 aliphatic heterocycles. The van der Waals surface area contributed by atoms with Gasteiger partial charge < -0.3 is 15.2 Å². The summed E-state index contributed by atoms with van der Waals surface area (Å²) in [6.07, 6.45) is 5.45. The predicted molar refractivity (Wildman–Crippen MR) is 136 cm³/mol. The van der Waals surface area contributed by atoms with Gasteiger partial charge in [-0.25, -0.2) is 4.98 Å². The first-order valence-corrected chi connectivity index (χ1v) is 11.5. The number of rotatable bonds is 5. The van der Waals surface area contributed by atoms with Gasteiger partial charge in [0.15, 0.2) is 5.13 Å². The van der Waals surface area contributed by atoms with Crippen molar-refractivity contribution in [2.75, 3.05) is 5.32 Å². The molecule has 5 aromatic rings. The third-order valence-corrected chi connectivity index (χ3v) is 6.72. The summed E-state index contributed by atoms with van der Waals surface area (Å²) in [5.74, 6) is 1.43. The lowest BCUT2D eigenvalue weighted by Crippen LogP contribution is -2.20. The van der Waals surface area contributed by atoms with E-state index in [4.69, 9.17) is 9.72 Å². The first-order valence-electron chi connectivity index (χ1n) is 10.7. The van der Waals surface area contributed by atoms with Gasteiger partial charge in [-0.2, -0.15) is 0 Å². The Bertz CT molecular complexity index is 1440. The lowest BCUT2D eigenvalue weighted by molar-refractivity contribution is 0.166. The summed E-state index contributed by atoms with van der Waals surface area (Å²) in [6.45, 7) is 0. The Balaban J connectivity index is 0.00000241. The fraction of sp³-hybridized carbons (Fsp3) is 0.148. The number of nitrogens with one attached hydrogen (secondary N) is 1. The molecule has 3 heterocycles. The maximum Gasteiger partial charge on any atom is 0.184 e. The van der Waals surface area contributed by atoms with Crippen LogP contribution in [0.25, 0.3) is 21.5 Å². The Morgan fingerprint density at radius 2 is 1.85 bits per heavy atom. The SMILES string of the molecule is C.O[C@H]1Cc2ccccc2[C@H]1Nc1nc2ccc(Oc3ccnc(-c4cccnc4)c3)cc2s1. The second kappa shape index (κ2) is 9.21. The monoisotopic (exact) mass is 468 g/mol. The predicted octanol–water partition coefficient (Wildman–Crippen LogP) is 6.25. The second-order valence-electron chi connectivity index (χ2n) is 7.96. The quantitative estimate of drug-likeness (QED) is 0.317. The highest BCUT2D eigenvalue weighted by molar-refractivity contribution is 7.22. The van der Waals surface area contributed by atoms with Crippen LogP contribution in [0, 0.1) is 0 Å². The average Bonchev–Trinajstić information content (AvgIpc) is 3.39. The van der Waals surface area contributed by atoms with E-state index in [0.29, 0.717) is 12.2 Å². The molecule has 1 aliphatic rings. The normalized spacial score (nSPS) is 16.6. The zero-order valence-electron chi connectivity index (χ0n) is 17.6. The average molecular weight is 469 g/mol. The summed E-state index contributed by atoms with van der Waals surface area (Å²) < 4.78 is 7.12. The number of aromatic nitrogens is 3. The third-order valence-electron chi connectivity index (χ3n) is 5.77. The van der Waals surface area contributed by atoms with Gasteiger partial charge in [-0.15, -0.1) is 0 Å². The molecule has 7 heteroatoms. The highest BCUT2D eigenvalue weighted by Gasteiger charge is 2.31. The number of anilines is 1. The molecule has 2 N–H and O–H groups in total. The van der Waals surface area contributed by atoms with Crippen molar-refractivity contribution in [2.24, 2.45) is 0 Å². The summed E-state index contributed by atoms with van der Waals surface area (Å²) in [7, 11) is 0. The molecule has 0 bridgehead atoms. The van der Waals surface area contributed by atoms with Crippen LogP contribution in [0.4, 0.5) is 5.13 Å². The highest BCUT2D eigenvalue weighted by atomic mass is 32.1. The summed E-state index contributed by atoms with van der Waals surface area (Å²) in [4.78, 5) is 13.3. The van der Waals surface area contributed by atoms with Gasteiger partial charge in [0.25, 0.3) is 0 Å². The van der Waals surface area contributed by atoms with Gasteiger partial charge >= 0.3 is 0 Å². The van der Waals surface area contributed by atoms with Crippen LogP contribution in [0.15, 0.2) is 85.3 Å². The minimum atomic E-state index is -0.464. The number of ether oxygens (including phenoxy) is 1. The molecule has 0 saturated heterocycles. The molecular weight excluding hydrogens is 444 g/mol. The summed E-state index contributed by atoms with van der Waals surface area (Å²) in [5.41, 5.74) is 4.95. The minimum Gasteiger partial charge on any atom is -0.457 e. The van der Waals surface area contributed by atoms with Crippen molar-refractivity contribution in [1.82, 2.24) is 15.0 Å². The number of pyridine rings is 2. The maximum atomic E-state index is 10.5. The van der Waals surface area contributed by atoms with E-state index in [1.165, 1.54) is 5.56 Å². The largest absolute Gasteiger partial charge is 0.457 e. The van der Waals surface area contributed by atoms with Gasteiger partial charge in [-0.1, -0.05) is 43.0 Å². The molecule has 34 heavy (non-hydrogen) atoms. The molecule has 0 amide bonds. The van der Waals surface area contributed by atoms with Gasteiger partial charge in [-0.3, -0.25) is 9.97 Å². The Morgan fingerprint density at radius 1 is 0.971 bits per heavy atom. The van der Waals surface area contributed by atoms with Crippen molar-refractivity contribution in [3.8, 4) is 22.8 Å². The number of fused-ring (bicyclic) bond motifs is 2. The van der Waals surface area contributed by atoms with Crippen LogP contribution in [0.2, 0.25) is 0 Å². The zero-order valence-corrected chi connectivity index (χ0v) is 18.4. The van der Waals surface area contributed by atoms with Crippen molar-refractivity contribution in [3.63, 3.8) is 0 Å². The van der Waals surface area contributed by atoms with Crippen molar-refractivity contribution in [1.29, 1.82) is 0 Å². The number of aliphatic hydroxyl groups excluding tert-OH is 1. The molecule has 6 rings (SSSR count). The molecule has 0 saturated carbocycles. The third kappa shape index (κ3) is 4.23. The Kier molecular flexibility index (Phi) is 5.96. The molecule has 2 atom stereocenters. The number of aliphatic hydroxyl groups is 1. The van der Waals surface area contributed by atoms with E-state index in [1.807, 2.05) is 54.6 Å². The molecule has 0 radical (unpaired) electrons. The molecule has 170 valence electrons. The van der Waals surface area contributed by atoms with Crippen molar-refractivity contribution in [2.45, 2.75) is 26.0 Å². The molecule has 0 spiro atoms. The number of hydrogen-bond acceptors (Lipinski definition) is 7. The summed E-state index contributed by atoms with van der Waals surface area (Å²) in [6, 6.07) is 21.4. The van der Waals surface area contributed by atoms with E-state index in [-0.39, 0.29) is 13.5 Å². The van der Waals surface area contributed by atoms with Crippen molar-refractivity contribution in [3.05, 3.63) is 96.4 Å². The minimum absolute atomic E-state index is 0. The van der Waals surface area contributed by atoms with E-state index in [1.54, 1.807) is 29.9 Å². The van der Waals surface area contributed by atoms with Crippen molar-refractivity contribution < 1.29 is 9.84 Å². The van der Waals surface area contributed by atoms with Gasteiger partial charge in [0.1, 0.15) is 11.5 Å². The van der Waals surface area contributed by atoms with Crippen LogP contribution in [-0.2, 0) is 6.42 Å². The first-order chi connectivity index (χ1) is 16.2. The molecule has 0 fully saturated rings. The zero-order chi connectivity index (χ0) is 22.2. The number of thiazole rings is 1. The second-order valence-corrected chi connectivity index (χ2v) is 8.99. The first kappa shape index (κ1) is 22.0. The topological polar surface area (TPSA) is 80.2 Å². The summed E-state index contributed by atoms with van der Waals surface area (Å²) >= 11 is 1.55.